The molecule has 1 atom stereocenters. The lowest BCUT2D eigenvalue weighted by Crippen LogP contribution is -2.46. The molecule has 1 rings (SSSR count). The van der Waals surface area contributed by atoms with Crippen LogP contribution in [0.2, 0.25) is 0 Å². The zero-order chi connectivity index (χ0) is 15.1. The van der Waals surface area contributed by atoms with Crippen molar-refractivity contribution in [2.45, 2.75) is 26.4 Å². The highest BCUT2D eigenvalue weighted by molar-refractivity contribution is 5.84. The van der Waals surface area contributed by atoms with E-state index in [-0.39, 0.29) is 30.3 Å². The quantitative estimate of drug-likeness (QED) is 0.703. The molecule has 0 saturated heterocycles. The Balaban J connectivity index is 2.43. The largest absolute Gasteiger partial charge is 0.475 e. The average Bonchev–Trinajstić information content (AvgIpc) is 2.84. The van der Waals surface area contributed by atoms with Gasteiger partial charge in [0.25, 0.3) is 0 Å². The minimum atomic E-state index is -1.14. The van der Waals surface area contributed by atoms with Gasteiger partial charge in [-0.2, -0.15) is 0 Å². The molecule has 0 aliphatic heterocycles. The van der Waals surface area contributed by atoms with E-state index >= 15 is 0 Å². The number of rotatable bonds is 7. The number of carbonyl (C=O) groups excluding carboxylic acids is 1. The third-order valence-corrected chi connectivity index (χ3v) is 2.76. The molecule has 1 unspecified atom stereocenters. The standard InChI is InChI=1S/C13H20N2O5/c1-8(2)10(7-19-3)15-13(18)14-6-9-4-5-11(20-9)12(16)17/h4-5,8,10H,6-7H2,1-3H3,(H,16,17)(H2,14,15,18). The van der Waals surface area contributed by atoms with Gasteiger partial charge in [0.15, 0.2) is 0 Å². The maximum atomic E-state index is 11.7. The molecule has 0 spiro atoms. The number of hydrogen-bond acceptors (Lipinski definition) is 4. The van der Waals surface area contributed by atoms with Crippen LogP contribution in [0.1, 0.15) is 30.2 Å². The van der Waals surface area contributed by atoms with Gasteiger partial charge in [0.05, 0.1) is 19.2 Å². The number of carboxylic acid groups (broad SMARTS) is 1. The van der Waals surface area contributed by atoms with Crippen molar-refractivity contribution in [1.82, 2.24) is 10.6 Å². The summed E-state index contributed by atoms with van der Waals surface area (Å²) in [6.45, 7) is 4.51. The Morgan fingerprint density at radius 2 is 2.10 bits per heavy atom. The molecule has 0 saturated carbocycles. The monoisotopic (exact) mass is 284 g/mol. The summed E-state index contributed by atoms with van der Waals surface area (Å²) in [6.07, 6.45) is 0. The molecule has 1 aromatic rings. The summed E-state index contributed by atoms with van der Waals surface area (Å²) in [5.74, 6) is -0.671. The summed E-state index contributed by atoms with van der Waals surface area (Å²) in [6, 6.07) is 2.41. The Hall–Kier alpha value is -2.02. The Labute approximate surface area is 117 Å². The number of methoxy groups -OCH3 is 1. The highest BCUT2D eigenvalue weighted by Gasteiger charge is 2.16. The molecule has 0 aliphatic rings. The van der Waals surface area contributed by atoms with Crippen LogP contribution in [0.5, 0.6) is 0 Å². The van der Waals surface area contributed by atoms with Crippen molar-refractivity contribution in [3.8, 4) is 0 Å². The summed E-state index contributed by atoms with van der Waals surface area (Å²) in [5, 5.41) is 14.1. The molecule has 20 heavy (non-hydrogen) atoms. The molecule has 0 aliphatic carbocycles. The fraction of sp³-hybridized carbons (Fsp3) is 0.538. The van der Waals surface area contributed by atoms with Gasteiger partial charge in [-0.1, -0.05) is 13.8 Å². The van der Waals surface area contributed by atoms with Crippen LogP contribution < -0.4 is 10.6 Å². The van der Waals surface area contributed by atoms with E-state index in [2.05, 4.69) is 10.6 Å². The smallest absolute Gasteiger partial charge is 0.371 e. The van der Waals surface area contributed by atoms with Crippen LogP contribution in [0.3, 0.4) is 0 Å². The maximum absolute atomic E-state index is 11.7. The zero-order valence-corrected chi connectivity index (χ0v) is 11.8. The first-order valence-electron chi connectivity index (χ1n) is 6.29. The highest BCUT2D eigenvalue weighted by atomic mass is 16.5. The van der Waals surface area contributed by atoms with E-state index in [9.17, 15) is 9.59 Å². The zero-order valence-electron chi connectivity index (χ0n) is 11.8. The molecule has 1 aromatic heterocycles. The normalized spacial score (nSPS) is 12.2. The summed E-state index contributed by atoms with van der Waals surface area (Å²) in [7, 11) is 1.57. The number of nitrogens with one attached hydrogen (secondary N) is 2. The van der Waals surface area contributed by atoms with Gasteiger partial charge >= 0.3 is 12.0 Å². The van der Waals surface area contributed by atoms with Crippen molar-refractivity contribution >= 4 is 12.0 Å². The van der Waals surface area contributed by atoms with Crippen LogP contribution in [0, 0.1) is 5.92 Å². The highest BCUT2D eigenvalue weighted by Crippen LogP contribution is 2.07. The molecule has 0 bridgehead atoms. The molecule has 0 fully saturated rings. The number of urea groups is 1. The Morgan fingerprint density at radius 1 is 1.40 bits per heavy atom. The fourth-order valence-electron chi connectivity index (χ4n) is 1.56. The molecule has 0 radical (unpaired) electrons. The van der Waals surface area contributed by atoms with Crippen molar-refractivity contribution < 1.29 is 23.8 Å². The lowest BCUT2D eigenvalue weighted by atomic mass is 10.1. The van der Waals surface area contributed by atoms with Crippen molar-refractivity contribution in [2.75, 3.05) is 13.7 Å². The second-order valence-corrected chi connectivity index (χ2v) is 4.70. The van der Waals surface area contributed by atoms with Crippen molar-refractivity contribution in [3.05, 3.63) is 23.7 Å². The van der Waals surface area contributed by atoms with Gasteiger partial charge in [0.1, 0.15) is 5.76 Å². The number of ether oxygens (including phenoxy) is 1. The first-order valence-corrected chi connectivity index (χ1v) is 6.29. The summed E-state index contributed by atoms with van der Waals surface area (Å²) < 4.78 is 10.1. The average molecular weight is 284 g/mol. The van der Waals surface area contributed by atoms with E-state index < -0.39 is 5.97 Å². The number of hydrogen-bond donors (Lipinski definition) is 3. The number of carbonyl (C=O) groups is 2. The maximum Gasteiger partial charge on any atom is 0.371 e. The number of furan rings is 1. The van der Waals surface area contributed by atoms with Gasteiger partial charge < -0.3 is 24.9 Å². The molecule has 3 N–H and O–H groups in total. The molecule has 0 aromatic carbocycles. The minimum Gasteiger partial charge on any atom is -0.475 e. The van der Waals surface area contributed by atoms with Gasteiger partial charge in [0, 0.05) is 7.11 Å². The molecular weight excluding hydrogens is 264 g/mol. The first kappa shape index (κ1) is 16.0. The van der Waals surface area contributed by atoms with E-state index in [0.717, 1.165) is 0 Å². The Morgan fingerprint density at radius 3 is 2.60 bits per heavy atom. The molecular formula is C13H20N2O5. The van der Waals surface area contributed by atoms with Crippen molar-refractivity contribution in [3.63, 3.8) is 0 Å². The number of aromatic carboxylic acids is 1. The van der Waals surface area contributed by atoms with E-state index in [1.807, 2.05) is 13.8 Å². The molecule has 2 amide bonds. The summed E-state index contributed by atoms with van der Waals surface area (Å²) in [5.41, 5.74) is 0. The predicted octanol–water partition coefficient (Wildman–Crippen LogP) is 1.45. The SMILES string of the molecule is COCC(NC(=O)NCc1ccc(C(=O)O)o1)C(C)C. The molecule has 7 nitrogen and oxygen atoms in total. The van der Waals surface area contributed by atoms with Gasteiger partial charge in [-0.3, -0.25) is 0 Å². The first-order chi connectivity index (χ1) is 9.43. The van der Waals surface area contributed by atoms with E-state index in [4.69, 9.17) is 14.3 Å². The topological polar surface area (TPSA) is 101 Å². The summed E-state index contributed by atoms with van der Waals surface area (Å²) in [4.78, 5) is 22.3. The lowest BCUT2D eigenvalue weighted by Gasteiger charge is -2.21. The van der Waals surface area contributed by atoms with E-state index in [0.29, 0.717) is 12.4 Å². The predicted molar refractivity (Wildman–Crippen MR) is 71.5 cm³/mol. The van der Waals surface area contributed by atoms with E-state index in [1.54, 1.807) is 7.11 Å². The van der Waals surface area contributed by atoms with E-state index in [1.165, 1.54) is 12.1 Å². The van der Waals surface area contributed by atoms with Crippen LogP contribution in [0.4, 0.5) is 4.79 Å². The molecule has 7 heteroatoms. The number of amides is 2. The minimum absolute atomic E-state index is 0.0915. The van der Waals surface area contributed by atoms with Crippen LogP contribution in [-0.4, -0.2) is 36.9 Å². The second kappa shape index (κ2) is 7.54. The third kappa shape index (κ3) is 4.93. The Bertz CT molecular complexity index is 455. The van der Waals surface area contributed by atoms with Gasteiger partial charge in [0.2, 0.25) is 5.76 Å². The van der Waals surface area contributed by atoms with Gasteiger partial charge in [-0.15, -0.1) is 0 Å². The number of carboxylic acids is 1. The van der Waals surface area contributed by atoms with Gasteiger partial charge in [-0.05, 0) is 18.1 Å². The van der Waals surface area contributed by atoms with Gasteiger partial charge in [-0.25, -0.2) is 9.59 Å². The van der Waals surface area contributed by atoms with Crippen LogP contribution in [-0.2, 0) is 11.3 Å². The lowest BCUT2D eigenvalue weighted by molar-refractivity contribution is 0.0660. The Kier molecular flexibility index (Phi) is 6.05. The summed E-state index contributed by atoms with van der Waals surface area (Å²) >= 11 is 0. The third-order valence-electron chi connectivity index (χ3n) is 2.76. The van der Waals surface area contributed by atoms with Crippen LogP contribution >= 0.6 is 0 Å². The molecule has 1 heterocycles. The molecule has 112 valence electrons. The second-order valence-electron chi connectivity index (χ2n) is 4.70. The van der Waals surface area contributed by atoms with Crippen LogP contribution in [0.15, 0.2) is 16.5 Å². The van der Waals surface area contributed by atoms with Crippen molar-refractivity contribution in [1.29, 1.82) is 0 Å². The van der Waals surface area contributed by atoms with Crippen molar-refractivity contribution in [2.24, 2.45) is 5.92 Å². The van der Waals surface area contributed by atoms with Crippen LogP contribution in [0.25, 0.3) is 0 Å². The fourth-order valence-corrected chi connectivity index (χ4v) is 1.56.